The number of benzene rings is 1. The predicted octanol–water partition coefficient (Wildman–Crippen LogP) is 1.34. The Labute approximate surface area is 148 Å². The van der Waals surface area contributed by atoms with Crippen LogP contribution >= 0.6 is 0 Å². The van der Waals surface area contributed by atoms with E-state index in [1.807, 2.05) is 0 Å². The van der Waals surface area contributed by atoms with E-state index in [4.69, 9.17) is 0 Å². The molecule has 25 heavy (non-hydrogen) atoms. The second-order valence-electron chi connectivity index (χ2n) is 6.38. The van der Waals surface area contributed by atoms with Gasteiger partial charge in [-0.25, -0.2) is 17.1 Å². The molecule has 140 valence electrons. The normalized spacial score (nSPS) is 17.8. The zero-order chi connectivity index (χ0) is 18.3. The fourth-order valence-corrected chi connectivity index (χ4v) is 4.04. The lowest BCUT2D eigenvalue weighted by Crippen LogP contribution is -2.30. The molecule has 6 nitrogen and oxygen atoms in total. The summed E-state index contributed by atoms with van der Waals surface area (Å²) >= 11 is 0. The van der Waals surface area contributed by atoms with Gasteiger partial charge >= 0.3 is 0 Å². The van der Waals surface area contributed by atoms with Crippen LogP contribution in [0.15, 0.2) is 29.2 Å². The Bertz CT molecular complexity index is 658. The average molecular weight is 371 g/mol. The number of sulfonamides is 1. The van der Waals surface area contributed by atoms with Crippen molar-refractivity contribution in [2.45, 2.75) is 30.6 Å². The number of nitrogens with zero attached hydrogens (tertiary/aromatic N) is 1. The van der Waals surface area contributed by atoms with E-state index in [1.165, 1.54) is 23.5 Å². The molecule has 1 heterocycles. The van der Waals surface area contributed by atoms with Crippen LogP contribution in [0.2, 0.25) is 0 Å². The van der Waals surface area contributed by atoms with Crippen LogP contribution in [0.25, 0.3) is 0 Å². The van der Waals surface area contributed by atoms with E-state index in [1.54, 1.807) is 0 Å². The number of rotatable bonds is 9. The highest BCUT2D eigenvalue weighted by molar-refractivity contribution is 7.89. The van der Waals surface area contributed by atoms with Crippen LogP contribution < -0.4 is 10.6 Å². The van der Waals surface area contributed by atoms with Crippen LogP contribution in [-0.4, -0.2) is 51.9 Å². The summed E-state index contributed by atoms with van der Waals surface area (Å²) in [4.78, 5) is 11.9. The highest BCUT2D eigenvalue weighted by Gasteiger charge is 2.20. The van der Waals surface area contributed by atoms with E-state index >= 15 is 0 Å². The summed E-state index contributed by atoms with van der Waals surface area (Å²) in [6.07, 6.45) is 2.85. The quantitative estimate of drug-likeness (QED) is 0.687. The largest absolute Gasteiger partial charge is 0.356 e. The minimum atomic E-state index is -3.65. The number of amides is 1. The lowest BCUT2D eigenvalue weighted by Gasteiger charge is -2.17. The number of carbonyl (C=O) groups excluding carboxylic acids is 1. The lowest BCUT2D eigenvalue weighted by atomic mass is 10.1. The molecule has 1 aliphatic heterocycles. The molecule has 1 fully saturated rings. The van der Waals surface area contributed by atoms with Crippen molar-refractivity contribution in [3.8, 4) is 0 Å². The number of hydrogen-bond donors (Lipinski definition) is 2. The minimum absolute atomic E-state index is 0.0472. The number of halogens is 1. The van der Waals surface area contributed by atoms with E-state index < -0.39 is 15.8 Å². The first-order chi connectivity index (χ1) is 11.9. The zero-order valence-corrected chi connectivity index (χ0v) is 15.3. The molecular formula is C17H26FN3O3S. The van der Waals surface area contributed by atoms with Crippen molar-refractivity contribution in [2.75, 3.05) is 33.2 Å². The molecule has 2 N–H and O–H groups in total. The molecule has 1 unspecified atom stereocenters. The summed E-state index contributed by atoms with van der Waals surface area (Å²) in [7, 11) is -2.19. The van der Waals surface area contributed by atoms with Crippen LogP contribution in [0.1, 0.15) is 25.7 Å². The van der Waals surface area contributed by atoms with Gasteiger partial charge in [-0.1, -0.05) is 0 Å². The van der Waals surface area contributed by atoms with Crippen LogP contribution in [0.3, 0.4) is 0 Å². The van der Waals surface area contributed by atoms with Gasteiger partial charge in [0, 0.05) is 26.6 Å². The third-order valence-electron chi connectivity index (χ3n) is 4.44. The molecule has 0 aliphatic carbocycles. The van der Waals surface area contributed by atoms with Gasteiger partial charge in [0.05, 0.1) is 4.90 Å². The standard InChI is InChI=1S/C17H26FN3O3S/c1-21(25(23,24)16-6-4-15(18)5-7-16)12-2-3-17(22)20-11-9-14-8-10-19-13-14/h4-7,14,19H,2-3,8-13H2,1H3,(H,20,22). The summed E-state index contributed by atoms with van der Waals surface area (Å²) < 4.78 is 38.8. The Kier molecular flexibility index (Phi) is 7.34. The average Bonchev–Trinajstić information content (AvgIpc) is 3.08. The van der Waals surface area contributed by atoms with Crippen LogP contribution in [0.5, 0.6) is 0 Å². The van der Waals surface area contributed by atoms with E-state index in [0.29, 0.717) is 18.9 Å². The van der Waals surface area contributed by atoms with E-state index in [-0.39, 0.29) is 23.8 Å². The highest BCUT2D eigenvalue weighted by atomic mass is 32.2. The van der Waals surface area contributed by atoms with Crippen LogP contribution in [0, 0.1) is 11.7 Å². The SMILES string of the molecule is CN(CCCC(=O)NCCC1CCNC1)S(=O)(=O)c1ccc(F)cc1. The molecule has 1 atom stereocenters. The van der Waals surface area contributed by atoms with Crippen molar-refractivity contribution in [3.05, 3.63) is 30.1 Å². The third kappa shape index (κ3) is 6.05. The summed E-state index contributed by atoms with van der Waals surface area (Å²) in [5.41, 5.74) is 0. The lowest BCUT2D eigenvalue weighted by molar-refractivity contribution is -0.121. The van der Waals surface area contributed by atoms with Crippen molar-refractivity contribution in [3.63, 3.8) is 0 Å². The molecule has 1 aromatic carbocycles. The molecule has 1 amide bonds. The summed E-state index contributed by atoms with van der Waals surface area (Å²) in [6.45, 7) is 2.96. The highest BCUT2D eigenvalue weighted by Crippen LogP contribution is 2.15. The molecule has 1 aliphatic rings. The first-order valence-corrected chi connectivity index (χ1v) is 10.0. The molecule has 0 aromatic heterocycles. The molecule has 2 rings (SSSR count). The Hall–Kier alpha value is -1.51. The van der Waals surface area contributed by atoms with Crippen molar-refractivity contribution >= 4 is 15.9 Å². The Morgan fingerprint density at radius 3 is 2.72 bits per heavy atom. The first kappa shape index (κ1) is 19.8. The third-order valence-corrected chi connectivity index (χ3v) is 6.31. The molecular weight excluding hydrogens is 345 g/mol. The summed E-state index contributed by atoms with van der Waals surface area (Å²) in [5.74, 6) is 0.0949. The van der Waals surface area contributed by atoms with Gasteiger partial charge in [0.1, 0.15) is 5.82 Å². The number of nitrogens with one attached hydrogen (secondary N) is 2. The van der Waals surface area contributed by atoms with Gasteiger partial charge in [-0.05, 0) is 62.5 Å². The zero-order valence-electron chi connectivity index (χ0n) is 14.5. The molecule has 1 aromatic rings. The first-order valence-electron chi connectivity index (χ1n) is 8.59. The van der Waals surface area contributed by atoms with Crippen LogP contribution in [-0.2, 0) is 14.8 Å². The summed E-state index contributed by atoms with van der Waals surface area (Å²) in [6, 6.07) is 4.72. The Balaban J connectivity index is 1.69. The van der Waals surface area contributed by atoms with Gasteiger partial charge in [0.25, 0.3) is 0 Å². The van der Waals surface area contributed by atoms with Gasteiger partial charge in [0.15, 0.2) is 0 Å². The van der Waals surface area contributed by atoms with Gasteiger partial charge in [-0.3, -0.25) is 4.79 Å². The maximum atomic E-state index is 12.9. The molecule has 1 saturated heterocycles. The Morgan fingerprint density at radius 1 is 1.36 bits per heavy atom. The van der Waals surface area contributed by atoms with Crippen molar-refractivity contribution in [1.82, 2.24) is 14.9 Å². The van der Waals surface area contributed by atoms with Crippen molar-refractivity contribution in [2.24, 2.45) is 5.92 Å². The van der Waals surface area contributed by atoms with Gasteiger partial charge in [-0.15, -0.1) is 0 Å². The minimum Gasteiger partial charge on any atom is -0.356 e. The molecule has 8 heteroatoms. The molecule has 0 bridgehead atoms. The maximum Gasteiger partial charge on any atom is 0.242 e. The molecule has 0 saturated carbocycles. The van der Waals surface area contributed by atoms with Gasteiger partial charge in [0.2, 0.25) is 15.9 Å². The fourth-order valence-electron chi connectivity index (χ4n) is 2.83. The van der Waals surface area contributed by atoms with E-state index in [9.17, 15) is 17.6 Å². The van der Waals surface area contributed by atoms with E-state index in [2.05, 4.69) is 10.6 Å². The fraction of sp³-hybridized carbons (Fsp3) is 0.588. The van der Waals surface area contributed by atoms with E-state index in [0.717, 1.165) is 38.1 Å². The monoisotopic (exact) mass is 371 g/mol. The second-order valence-corrected chi connectivity index (χ2v) is 8.43. The second kappa shape index (κ2) is 9.26. The summed E-state index contributed by atoms with van der Waals surface area (Å²) in [5, 5.41) is 6.18. The number of hydrogen-bond acceptors (Lipinski definition) is 4. The molecule has 0 radical (unpaired) electrons. The van der Waals surface area contributed by atoms with Crippen LogP contribution in [0.4, 0.5) is 4.39 Å². The number of carbonyl (C=O) groups is 1. The maximum absolute atomic E-state index is 12.9. The smallest absolute Gasteiger partial charge is 0.242 e. The molecule has 0 spiro atoms. The van der Waals surface area contributed by atoms with Gasteiger partial charge in [-0.2, -0.15) is 0 Å². The van der Waals surface area contributed by atoms with Crippen molar-refractivity contribution in [1.29, 1.82) is 0 Å². The van der Waals surface area contributed by atoms with Gasteiger partial charge < -0.3 is 10.6 Å². The van der Waals surface area contributed by atoms with Crippen molar-refractivity contribution < 1.29 is 17.6 Å². The topological polar surface area (TPSA) is 78.5 Å². The predicted molar refractivity (Wildman–Crippen MR) is 94.1 cm³/mol. The Morgan fingerprint density at radius 2 is 2.08 bits per heavy atom.